The molecule has 1 saturated heterocycles. The minimum Gasteiger partial charge on any atom is -0.497 e. The molecule has 1 amide bonds. The summed E-state index contributed by atoms with van der Waals surface area (Å²) in [6, 6.07) is 13.9. The molecule has 1 aliphatic heterocycles. The number of ether oxygens (including phenoxy) is 1. The van der Waals surface area contributed by atoms with Crippen LogP contribution in [-0.4, -0.2) is 50.6 Å². The molecule has 6 nitrogen and oxygen atoms in total. The third-order valence-corrected chi connectivity index (χ3v) is 4.93. The largest absolute Gasteiger partial charge is 0.497 e. The molecule has 1 aliphatic rings. The van der Waals surface area contributed by atoms with E-state index in [9.17, 15) is 4.79 Å². The number of anilines is 3. The molecule has 29 heavy (non-hydrogen) atoms. The molecule has 0 spiro atoms. The predicted molar refractivity (Wildman–Crippen MR) is 125 cm³/mol. The Labute approximate surface area is 185 Å². The lowest BCUT2D eigenvalue weighted by Crippen LogP contribution is -2.47. The number of nitrogens with zero attached hydrogens (tertiary/aromatic N) is 2. The van der Waals surface area contributed by atoms with Gasteiger partial charge in [0, 0.05) is 50.9 Å². The van der Waals surface area contributed by atoms with Crippen LogP contribution in [0.2, 0.25) is 0 Å². The van der Waals surface area contributed by atoms with Crippen molar-refractivity contribution in [3.63, 3.8) is 0 Å². The van der Waals surface area contributed by atoms with Gasteiger partial charge >= 0.3 is 0 Å². The fourth-order valence-corrected chi connectivity index (χ4v) is 3.30. The molecule has 0 bridgehead atoms. The van der Waals surface area contributed by atoms with Crippen LogP contribution in [0.25, 0.3) is 0 Å². The molecule has 0 radical (unpaired) electrons. The second-order valence-electron chi connectivity index (χ2n) is 6.92. The van der Waals surface area contributed by atoms with Crippen molar-refractivity contribution in [2.24, 2.45) is 0 Å². The quantitative estimate of drug-likeness (QED) is 0.671. The molecule has 0 aromatic heterocycles. The van der Waals surface area contributed by atoms with Gasteiger partial charge in [0.1, 0.15) is 5.75 Å². The van der Waals surface area contributed by atoms with Gasteiger partial charge in [-0.05, 0) is 36.8 Å². The van der Waals surface area contributed by atoms with Crippen molar-refractivity contribution in [1.82, 2.24) is 4.90 Å². The highest BCUT2D eigenvalue weighted by Gasteiger charge is 2.18. The number of nitrogens with two attached hydrogens (primary N) is 1. The number of carbonyl (C=O) groups is 1. The lowest BCUT2D eigenvalue weighted by Gasteiger charge is -2.36. The lowest BCUT2D eigenvalue weighted by molar-refractivity contribution is -0.116. The first-order valence-electron chi connectivity index (χ1n) is 9.32. The molecular weight excluding hydrogens is 411 g/mol. The van der Waals surface area contributed by atoms with Gasteiger partial charge in [0.2, 0.25) is 5.91 Å². The van der Waals surface area contributed by atoms with Gasteiger partial charge in [-0.3, -0.25) is 9.69 Å². The zero-order valence-corrected chi connectivity index (χ0v) is 18.5. The summed E-state index contributed by atoms with van der Waals surface area (Å²) in [5, 5.41) is 2.88. The maximum absolute atomic E-state index is 12.3. The normalized spacial score (nSPS) is 13.8. The Balaban J connectivity index is 0.00000210. The zero-order chi connectivity index (χ0) is 19.2. The Bertz CT molecular complexity index is 796. The van der Waals surface area contributed by atoms with Crippen LogP contribution in [-0.2, 0) is 4.79 Å². The first kappa shape index (κ1) is 24.9. The molecular formula is C21H30Cl2N4O2. The van der Waals surface area contributed by atoms with E-state index >= 15 is 0 Å². The third-order valence-electron chi connectivity index (χ3n) is 4.93. The van der Waals surface area contributed by atoms with E-state index in [-0.39, 0.29) is 30.7 Å². The maximum atomic E-state index is 12.3. The Morgan fingerprint density at radius 2 is 1.83 bits per heavy atom. The van der Waals surface area contributed by atoms with E-state index in [4.69, 9.17) is 10.5 Å². The standard InChI is InChI=1S/C21H28N4O2.2ClH/c1-16-4-3-5-17(14-16)25-12-10-24(11-13-25)9-8-21(26)23-20-15-18(27-2)6-7-19(20)22;;/h3-7,14-15H,8-13,22H2,1-2H3,(H,23,26);2*1H. The van der Waals surface area contributed by atoms with Crippen molar-refractivity contribution in [2.45, 2.75) is 13.3 Å². The van der Waals surface area contributed by atoms with Crippen LogP contribution >= 0.6 is 24.8 Å². The van der Waals surface area contributed by atoms with E-state index in [0.29, 0.717) is 23.5 Å². The fourth-order valence-electron chi connectivity index (χ4n) is 3.30. The van der Waals surface area contributed by atoms with Crippen LogP contribution in [0.1, 0.15) is 12.0 Å². The fraction of sp³-hybridized carbons (Fsp3) is 0.381. The minimum atomic E-state index is -0.0314. The number of hydrogen-bond donors (Lipinski definition) is 2. The Morgan fingerprint density at radius 3 is 2.48 bits per heavy atom. The highest BCUT2D eigenvalue weighted by atomic mass is 35.5. The summed E-state index contributed by atoms with van der Waals surface area (Å²) in [5.74, 6) is 0.642. The molecule has 2 aromatic rings. The Kier molecular flexibility index (Phi) is 10.1. The topological polar surface area (TPSA) is 70.8 Å². The molecule has 0 atom stereocenters. The molecule has 0 unspecified atom stereocenters. The summed E-state index contributed by atoms with van der Waals surface area (Å²) < 4.78 is 5.18. The van der Waals surface area contributed by atoms with E-state index in [2.05, 4.69) is 46.3 Å². The average Bonchev–Trinajstić information content (AvgIpc) is 2.68. The molecule has 1 fully saturated rings. The van der Waals surface area contributed by atoms with Gasteiger partial charge < -0.3 is 20.7 Å². The molecule has 160 valence electrons. The molecule has 0 aliphatic carbocycles. The van der Waals surface area contributed by atoms with Crippen molar-refractivity contribution in [1.29, 1.82) is 0 Å². The number of carbonyl (C=O) groups excluding carboxylic acids is 1. The number of piperazine rings is 1. The molecule has 3 N–H and O–H groups in total. The zero-order valence-electron chi connectivity index (χ0n) is 16.9. The van der Waals surface area contributed by atoms with E-state index < -0.39 is 0 Å². The molecule has 0 saturated carbocycles. The number of hydrogen-bond acceptors (Lipinski definition) is 5. The van der Waals surface area contributed by atoms with Crippen LogP contribution in [0.4, 0.5) is 17.1 Å². The number of aryl methyl sites for hydroxylation is 1. The minimum absolute atomic E-state index is 0. The van der Waals surface area contributed by atoms with Crippen LogP contribution in [0.3, 0.4) is 0 Å². The Morgan fingerprint density at radius 1 is 1.10 bits per heavy atom. The van der Waals surface area contributed by atoms with Crippen molar-refractivity contribution >= 4 is 47.8 Å². The number of amides is 1. The smallest absolute Gasteiger partial charge is 0.225 e. The average molecular weight is 441 g/mol. The van der Waals surface area contributed by atoms with Crippen molar-refractivity contribution in [3.8, 4) is 5.75 Å². The van der Waals surface area contributed by atoms with E-state index in [0.717, 1.165) is 32.7 Å². The highest BCUT2D eigenvalue weighted by molar-refractivity contribution is 5.94. The van der Waals surface area contributed by atoms with Gasteiger partial charge in [0.15, 0.2) is 0 Å². The first-order valence-corrected chi connectivity index (χ1v) is 9.32. The van der Waals surface area contributed by atoms with E-state index in [1.54, 1.807) is 25.3 Å². The summed E-state index contributed by atoms with van der Waals surface area (Å²) in [6.07, 6.45) is 0.446. The summed E-state index contributed by atoms with van der Waals surface area (Å²) in [4.78, 5) is 17.0. The number of nitrogens with one attached hydrogen (secondary N) is 1. The number of methoxy groups -OCH3 is 1. The highest BCUT2D eigenvalue weighted by Crippen LogP contribution is 2.24. The van der Waals surface area contributed by atoms with Gasteiger partial charge in [-0.2, -0.15) is 0 Å². The van der Waals surface area contributed by atoms with Gasteiger partial charge in [-0.25, -0.2) is 0 Å². The predicted octanol–water partition coefficient (Wildman–Crippen LogP) is 3.58. The van der Waals surface area contributed by atoms with Crippen LogP contribution in [0.5, 0.6) is 5.75 Å². The monoisotopic (exact) mass is 440 g/mol. The summed E-state index contributed by atoms with van der Waals surface area (Å²) in [6.45, 7) is 6.75. The molecule has 2 aromatic carbocycles. The van der Waals surface area contributed by atoms with E-state index in [1.807, 2.05) is 0 Å². The number of nitrogen functional groups attached to an aromatic ring is 1. The lowest BCUT2D eigenvalue weighted by atomic mass is 10.2. The molecule has 1 heterocycles. The second-order valence-corrected chi connectivity index (χ2v) is 6.92. The van der Waals surface area contributed by atoms with Crippen molar-refractivity contribution in [3.05, 3.63) is 48.0 Å². The Hall–Kier alpha value is -2.15. The van der Waals surface area contributed by atoms with Gasteiger partial charge in [-0.15, -0.1) is 24.8 Å². The molecule has 3 rings (SSSR count). The van der Waals surface area contributed by atoms with Crippen LogP contribution in [0.15, 0.2) is 42.5 Å². The SMILES string of the molecule is COc1ccc(N)c(NC(=O)CCN2CCN(c3cccc(C)c3)CC2)c1.Cl.Cl. The second kappa shape index (κ2) is 11.8. The summed E-state index contributed by atoms with van der Waals surface area (Å²) >= 11 is 0. The number of halogens is 2. The van der Waals surface area contributed by atoms with Gasteiger partial charge in [0.25, 0.3) is 0 Å². The van der Waals surface area contributed by atoms with E-state index in [1.165, 1.54) is 11.3 Å². The summed E-state index contributed by atoms with van der Waals surface area (Å²) in [5.41, 5.74) is 9.62. The van der Waals surface area contributed by atoms with Crippen molar-refractivity contribution in [2.75, 3.05) is 55.8 Å². The van der Waals surface area contributed by atoms with Gasteiger partial charge in [0.05, 0.1) is 18.5 Å². The van der Waals surface area contributed by atoms with Crippen LogP contribution < -0.4 is 20.7 Å². The third kappa shape index (κ3) is 6.99. The molecule has 8 heteroatoms. The van der Waals surface area contributed by atoms with Crippen molar-refractivity contribution < 1.29 is 9.53 Å². The van der Waals surface area contributed by atoms with Gasteiger partial charge in [-0.1, -0.05) is 12.1 Å². The number of benzene rings is 2. The first-order chi connectivity index (χ1) is 13.0. The number of rotatable bonds is 6. The maximum Gasteiger partial charge on any atom is 0.225 e. The summed E-state index contributed by atoms with van der Waals surface area (Å²) in [7, 11) is 1.59. The van der Waals surface area contributed by atoms with Crippen LogP contribution in [0, 0.1) is 6.92 Å².